The number of hydrogen-bond acceptors (Lipinski definition) is 4. The van der Waals surface area contributed by atoms with Crippen LogP contribution in [0.5, 0.6) is 0 Å². The molecule has 26 heavy (non-hydrogen) atoms. The molecule has 1 unspecified atom stereocenters. The average molecular weight is 389 g/mol. The third-order valence-electron chi connectivity index (χ3n) is 4.90. The average Bonchev–Trinajstić information content (AvgIpc) is 2.63. The standard InChI is InChI=1S/C22H44O3S/c1-4-5-6-7-8-9-10-11-12-13-14-15-16-17-18-19-26-20-22(2,24)21(23)25-3/h24H,4-20H2,1-3H3. The van der Waals surface area contributed by atoms with Crippen LogP contribution < -0.4 is 0 Å². The molecule has 1 N–H and O–H groups in total. The molecule has 0 heterocycles. The summed E-state index contributed by atoms with van der Waals surface area (Å²) < 4.78 is 4.60. The number of carbonyl (C=O) groups excluding carboxylic acids is 1. The Morgan fingerprint density at radius 2 is 1.19 bits per heavy atom. The number of ether oxygens (including phenoxy) is 1. The minimum Gasteiger partial charge on any atom is -0.467 e. The second kappa shape index (κ2) is 18.2. The van der Waals surface area contributed by atoms with Crippen LogP contribution in [0.3, 0.4) is 0 Å². The minimum atomic E-state index is -1.35. The van der Waals surface area contributed by atoms with Crippen molar-refractivity contribution in [3.8, 4) is 0 Å². The van der Waals surface area contributed by atoms with Crippen LogP contribution in [0.1, 0.15) is 110 Å². The van der Waals surface area contributed by atoms with Crippen molar-refractivity contribution in [3.63, 3.8) is 0 Å². The molecule has 3 nitrogen and oxygen atoms in total. The van der Waals surface area contributed by atoms with Gasteiger partial charge in [0.15, 0.2) is 5.60 Å². The van der Waals surface area contributed by atoms with Crippen molar-refractivity contribution in [2.75, 3.05) is 18.6 Å². The third-order valence-corrected chi connectivity index (χ3v) is 6.24. The highest BCUT2D eigenvalue weighted by Gasteiger charge is 2.30. The van der Waals surface area contributed by atoms with Gasteiger partial charge in [0, 0.05) is 5.75 Å². The molecular formula is C22H44O3S. The molecule has 0 rings (SSSR count). The summed E-state index contributed by atoms with van der Waals surface area (Å²) >= 11 is 1.64. The quantitative estimate of drug-likeness (QED) is 0.202. The van der Waals surface area contributed by atoms with Crippen LogP contribution in [0.25, 0.3) is 0 Å². The molecule has 0 spiro atoms. The zero-order valence-electron chi connectivity index (χ0n) is 17.7. The van der Waals surface area contributed by atoms with Gasteiger partial charge in [-0.05, 0) is 19.1 Å². The first-order chi connectivity index (χ1) is 12.5. The van der Waals surface area contributed by atoms with Crippen molar-refractivity contribution < 1.29 is 14.6 Å². The van der Waals surface area contributed by atoms with E-state index in [2.05, 4.69) is 11.7 Å². The fraction of sp³-hybridized carbons (Fsp3) is 0.955. The lowest BCUT2D eigenvalue weighted by molar-refractivity contribution is -0.158. The van der Waals surface area contributed by atoms with E-state index in [-0.39, 0.29) is 0 Å². The molecule has 4 heteroatoms. The summed E-state index contributed by atoms with van der Waals surface area (Å²) in [5.41, 5.74) is -1.35. The van der Waals surface area contributed by atoms with E-state index in [0.29, 0.717) is 5.75 Å². The molecule has 156 valence electrons. The summed E-state index contributed by atoms with van der Waals surface area (Å²) in [4.78, 5) is 11.4. The normalized spacial score (nSPS) is 13.5. The molecule has 0 aromatic heterocycles. The molecule has 0 aromatic rings. The second-order valence-electron chi connectivity index (χ2n) is 7.77. The van der Waals surface area contributed by atoms with Crippen LogP contribution in [-0.4, -0.2) is 35.3 Å². The second-order valence-corrected chi connectivity index (χ2v) is 8.87. The Bertz CT molecular complexity index is 319. The van der Waals surface area contributed by atoms with E-state index in [4.69, 9.17) is 0 Å². The van der Waals surface area contributed by atoms with Crippen LogP contribution in [0.4, 0.5) is 0 Å². The highest BCUT2D eigenvalue weighted by atomic mass is 32.2. The topological polar surface area (TPSA) is 46.5 Å². The van der Waals surface area contributed by atoms with E-state index in [1.165, 1.54) is 110 Å². The van der Waals surface area contributed by atoms with Crippen molar-refractivity contribution >= 4 is 17.7 Å². The van der Waals surface area contributed by atoms with Crippen LogP contribution in [0.2, 0.25) is 0 Å². The zero-order chi connectivity index (χ0) is 19.5. The van der Waals surface area contributed by atoms with Crippen LogP contribution in [0, 0.1) is 0 Å². The van der Waals surface area contributed by atoms with E-state index >= 15 is 0 Å². The monoisotopic (exact) mass is 388 g/mol. The minimum absolute atomic E-state index is 0.415. The van der Waals surface area contributed by atoms with E-state index in [0.717, 1.165) is 5.75 Å². The Morgan fingerprint density at radius 3 is 1.58 bits per heavy atom. The van der Waals surface area contributed by atoms with Crippen molar-refractivity contribution in [2.24, 2.45) is 0 Å². The Labute approximate surface area is 167 Å². The lowest BCUT2D eigenvalue weighted by Crippen LogP contribution is -2.38. The molecule has 0 amide bonds. The first kappa shape index (κ1) is 25.8. The number of esters is 1. The number of carbonyl (C=O) groups is 1. The maximum atomic E-state index is 11.4. The van der Waals surface area contributed by atoms with Gasteiger partial charge in [-0.1, -0.05) is 96.8 Å². The Hall–Kier alpha value is -0.220. The third kappa shape index (κ3) is 16.0. The summed E-state index contributed by atoms with van der Waals surface area (Å²) in [5.74, 6) is 0.880. The largest absolute Gasteiger partial charge is 0.467 e. The molecule has 0 aliphatic heterocycles. The summed E-state index contributed by atoms with van der Waals surface area (Å²) in [6.07, 6.45) is 20.6. The maximum Gasteiger partial charge on any atom is 0.338 e. The Balaban J connectivity index is 3.19. The number of methoxy groups -OCH3 is 1. The van der Waals surface area contributed by atoms with Gasteiger partial charge in [-0.25, -0.2) is 4.79 Å². The van der Waals surface area contributed by atoms with Gasteiger partial charge in [-0.3, -0.25) is 0 Å². The fourth-order valence-corrected chi connectivity index (χ4v) is 4.19. The number of hydrogen-bond donors (Lipinski definition) is 1. The smallest absolute Gasteiger partial charge is 0.338 e. The van der Waals surface area contributed by atoms with E-state index in [1.54, 1.807) is 11.8 Å². The Kier molecular flexibility index (Phi) is 18.0. The SMILES string of the molecule is CCCCCCCCCCCCCCCCCSCC(C)(O)C(=O)OC. The van der Waals surface area contributed by atoms with Crippen LogP contribution >= 0.6 is 11.8 Å². The summed E-state index contributed by atoms with van der Waals surface area (Å²) in [5, 5.41) is 9.91. The number of unbranched alkanes of at least 4 members (excludes halogenated alkanes) is 14. The summed E-state index contributed by atoms with van der Waals surface area (Å²) in [6.45, 7) is 3.80. The molecule has 0 aliphatic rings. The fourth-order valence-electron chi connectivity index (χ4n) is 3.13. The van der Waals surface area contributed by atoms with Gasteiger partial charge in [0.05, 0.1) is 7.11 Å². The highest BCUT2D eigenvalue weighted by Crippen LogP contribution is 2.17. The van der Waals surface area contributed by atoms with Crippen LogP contribution in [0.15, 0.2) is 0 Å². The Morgan fingerprint density at radius 1 is 0.808 bits per heavy atom. The van der Waals surface area contributed by atoms with Gasteiger partial charge < -0.3 is 9.84 Å². The molecule has 1 atom stereocenters. The summed E-state index contributed by atoms with van der Waals surface area (Å²) in [6, 6.07) is 0. The molecule has 0 aromatic carbocycles. The van der Waals surface area contributed by atoms with Crippen molar-refractivity contribution in [1.29, 1.82) is 0 Å². The molecule has 0 radical (unpaired) electrons. The predicted octanol–water partition coefficient (Wildman–Crippen LogP) is 6.52. The predicted molar refractivity (Wildman–Crippen MR) is 115 cm³/mol. The van der Waals surface area contributed by atoms with Crippen molar-refractivity contribution in [2.45, 2.75) is 116 Å². The van der Waals surface area contributed by atoms with E-state index < -0.39 is 11.6 Å². The van der Waals surface area contributed by atoms with Gasteiger partial charge in [0.2, 0.25) is 0 Å². The van der Waals surface area contributed by atoms with E-state index in [1.807, 2.05) is 0 Å². The molecule has 0 bridgehead atoms. The van der Waals surface area contributed by atoms with Gasteiger partial charge >= 0.3 is 5.97 Å². The lowest BCUT2D eigenvalue weighted by Gasteiger charge is -2.19. The molecule has 0 fully saturated rings. The van der Waals surface area contributed by atoms with Gasteiger partial charge in [0.25, 0.3) is 0 Å². The van der Waals surface area contributed by atoms with Gasteiger partial charge in [-0.15, -0.1) is 0 Å². The number of rotatable bonds is 19. The number of aliphatic hydroxyl groups is 1. The summed E-state index contributed by atoms with van der Waals surface area (Å²) in [7, 11) is 1.32. The molecular weight excluding hydrogens is 344 g/mol. The van der Waals surface area contributed by atoms with Crippen molar-refractivity contribution in [3.05, 3.63) is 0 Å². The van der Waals surface area contributed by atoms with E-state index in [9.17, 15) is 9.90 Å². The molecule has 0 saturated heterocycles. The molecule has 0 aliphatic carbocycles. The first-order valence-corrected chi connectivity index (χ1v) is 12.1. The molecule has 0 saturated carbocycles. The highest BCUT2D eigenvalue weighted by molar-refractivity contribution is 7.99. The van der Waals surface area contributed by atoms with Gasteiger partial charge in [-0.2, -0.15) is 11.8 Å². The van der Waals surface area contributed by atoms with Crippen molar-refractivity contribution in [1.82, 2.24) is 0 Å². The maximum absolute atomic E-state index is 11.4. The lowest BCUT2D eigenvalue weighted by atomic mass is 10.0. The van der Waals surface area contributed by atoms with Gasteiger partial charge in [0.1, 0.15) is 0 Å². The number of thioether (sulfide) groups is 1. The first-order valence-electron chi connectivity index (χ1n) is 10.9. The van der Waals surface area contributed by atoms with Crippen LogP contribution in [-0.2, 0) is 9.53 Å². The zero-order valence-corrected chi connectivity index (χ0v) is 18.5.